The van der Waals surface area contributed by atoms with Crippen molar-refractivity contribution in [1.29, 1.82) is 0 Å². The molecule has 124 valence electrons. The monoisotopic (exact) mass is 321 g/mol. The van der Waals surface area contributed by atoms with Crippen molar-refractivity contribution >= 4 is 13.8 Å². The van der Waals surface area contributed by atoms with Gasteiger partial charge in [0.25, 0.3) is 0 Å². The molecular formula is C14H28NO5P. The highest BCUT2D eigenvalue weighted by molar-refractivity contribution is 7.46. The predicted molar refractivity (Wildman–Crippen MR) is 80.4 cm³/mol. The first-order valence-electron chi connectivity index (χ1n) is 7.15. The van der Waals surface area contributed by atoms with E-state index < -0.39 is 13.8 Å². The molecule has 7 heteroatoms. The molecule has 0 aliphatic heterocycles. The van der Waals surface area contributed by atoms with Gasteiger partial charge in [0, 0.05) is 12.0 Å². The summed E-state index contributed by atoms with van der Waals surface area (Å²) in [6, 6.07) is 0.0161. The Hall–Kier alpha value is -0.680. The molecule has 0 aliphatic carbocycles. The van der Waals surface area contributed by atoms with E-state index in [1.807, 2.05) is 21.1 Å². The number of quaternary nitrogens is 1. The standard InChI is InChI=1S/C14H28NO5P/c1-7-8-9-10-13(15(4,5)6)11-19-21(17,18)20-14(16)12(2)3/h13H,2,7-11H2,1,3-6H3. The largest absolute Gasteiger partial charge is 0.746 e. The minimum atomic E-state index is -4.64. The Kier molecular flexibility index (Phi) is 8.41. The van der Waals surface area contributed by atoms with E-state index in [0.717, 1.165) is 25.7 Å². The van der Waals surface area contributed by atoms with Crippen LogP contribution < -0.4 is 4.89 Å². The maximum Gasteiger partial charge on any atom is 0.338 e. The van der Waals surface area contributed by atoms with Crippen molar-refractivity contribution in [2.45, 2.75) is 45.6 Å². The quantitative estimate of drug-likeness (QED) is 0.267. The molecule has 0 fully saturated rings. The third-order valence-corrected chi connectivity index (χ3v) is 4.06. The molecule has 0 heterocycles. The van der Waals surface area contributed by atoms with Crippen molar-refractivity contribution in [3.63, 3.8) is 0 Å². The van der Waals surface area contributed by atoms with E-state index in [1.54, 1.807) is 0 Å². The fourth-order valence-corrected chi connectivity index (χ4v) is 2.47. The average molecular weight is 321 g/mol. The lowest BCUT2D eigenvalue weighted by atomic mass is 10.1. The molecule has 0 amide bonds. The number of likely N-dealkylation sites (N-methyl/N-ethyl adjacent to an activating group) is 1. The number of hydrogen-bond acceptors (Lipinski definition) is 5. The van der Waals surface area contributed by atoms with Gasteiger partial charge in [-0.1, -0.05) is 26.3 Å². The molecule has 0 aromatic rings. The molecule has 0 rings (SSSR count). The van der Waals surface area contributed by atoms with Crippen LogP contribution in [0.1, 0.15) is 39.5 Å². The van der Waals surface area contributed by atoms with Crippen LogP contribution in [0.2, 0.25) is 0 Å². The zero-order valence-electron chi connectivity index (χ0n) is 13.8. The second-order valence-electron chi connectivity index (χ2n) is 6.17. The van der Waals surface area contributed by atoms with E-state index in [1.165, 1.54) is 6.92 Å². The summed E-state index contributed by atoms with van der Waals surface area (Å²) in [5.41, 5.74) is 0.0146. The number of nitrogens with zero attached hydrogens (tertiary/aromatic N) is 1. The average Bonchev–Trinajstić information content (AvgIpc) is 2.31. The minimum Gasteiger partial charge on any atom is -0.746 e. The second kappa shape index (κ2) is 8.69. The van der Waals surface area contributed by atoms with E-state index in [2.05, 4.69) is 18.0 Å². The second-order valence-corrected chi connectivity index (χ2v) is 7.50. The lowest BCUT2D eigenvalue weighted by Crippen LogP contribution is -2.47. The Balaban J connectivity index is 4.55. The van der Waals surface area contributed by atoms with Crippen LogP contribution in [0.3, 0.4) is 0 Å². The molecule has 0 saturated carbocycles. The summed E-state index contributed by atoms with van der Waals surface area (Å²) < 4.78 is 21.4. The number of hydrogen-bond donors (Lipinski definition) is 0. The number of phosphoric ester groups is 1. The van der Waals surface area contributed by atoms with Crippen molar-refractivity contribution < 1.29 is 27.8 Å². The third-order valence-electron chi connectivity index (χ3n) is 3.20. The lowest BCUT2D eigenvalue weighted by molar-refractivity contribution is -0.896. The smallest absolute Gasteiger partial charge is 0.338 e. The number of rotatable bonds is 10. The van der Waals surface area contributed by atoms with Gasteiger partial charge in [-0.2, -0.15) is 0 Å². The Bertz CT molecular complexity index is 403. The van der Waals surface area contributed by atoms with Gasteiger partial charge in [0.15, 0.2) is 0 Å². The van der Waals surface area contributed by atoms with E-state index in [-0.39, 0.29) is 18.2 Å². The SMILES string of the molecule is C=C(C)C(=O)OP(=O)([O-])OCC(CCCCC)[N+](C)(C)C. The van der Waals surface area contributed by atoms with Gasteiger partial charge in [0.1, 0.15) is 12.6 Å². The Labute approximate surface area is 127 Å². The zero-order valence-corrected chi connectivity index (χ0v) is 14.7. The van der Waals surface area contributed by atoms with Gasteiger partial charge in [-0.15, -0.1) is 0 Å². The van der Waals surface area contributed by atoms with E-state index in [0.29, 0.717) is 4.48 Å². The Morgan fingerprint density at radius 2 is 1.90 bits per heavy atom. The fourth-order valence-electron chi connectivity index (χ4n) is 1.71. The molecular weight excluding hydrogens is 293 g/mol. The summed E-state index contributed by atoms with van der Waals surface area (Å²) in [7, 11) is 1.31. The van der Waals surface area contributed by atoms with Crippen LogP contribution in [-0.4, -0.2) is 44.2 Å². The van der Waals surface area contributed by atoms with Crippen molar-refractivity contribution in [1.82, 2.24) is 0 Å². The van der Waals surface area contributed by atoms with Crippen LogP contribution in [0.4, 0.5) is 0 Å². The van der Waals surface area contributed by atoms with Crippen molar-refractivity contribution in [2.24, 2.45) is 0 Å². The molecule has 6 nitrogen and oxygen atoms in total. The van der Waals surface area contributed by atoms with Gasteiger partial charge >= 0.3 is 13.8 Å². The third kappa shape index (κ3) is 9.04. The van der Waals surface area contributed by atoms with Gasteiger partial charge in [0.2, 0.25) is 0 Å². The number of carbonyl (C=O) groups is 1. The first-order chi connectivity index (χ1) is 9.49. The fraction of sp³-hybridized carbons (Fsp3) is 0.786. The summed E-state index contributed by atoms with van der Waals surface area (Å²) in [5.74, 6) is -0.985. The lowest BCUT2D eigenvalue weighted by Gasteiger charge is -2.35. The van der Waals surface area contributed by atoms with Crippen LogP contribution in [0.25, 0.3) is 0 Å². The summed E-state index contributed by atoms with van der Waals surface area (Å²) in [5, 5.41) is 0. The molecule has 2 unspecified atom stereocenters. The van der Waals surface area contributed by atoms with Crippen LogP contribution in [0, 0.1) is 0 Å². The van der Waals surface area contributed by atoms with Crippen molar-refractivity contribution in [2.75, 3.05) is 27.7 Å². The highest BCUT2D eigenvalue weighted by Crippen LogP contribution is 2.39. The molecule has 2 atom stereocenters. The van der Waals surface area contributed by atoms with Gasteiger partial charge < -0.3 is 18.4 Å². The molecule has 0 aromatic heterocycles. The first-order valence-corrected chi connectivity index (χ1v) is 8.61. The van der Waals surface area contributed by atoms with Gasteiger partial charge in [-0.25, -0.2) is 4.79 Å². The van der Waals surface area contributed by atoms with E-state index in [9.17, 15) is 14.3 Å². The molecule has 0 aromatic carbocycles. The van der Waals surface area contributed by atoms with Gasteiger partial charge in [0.05, 0.1) is 21.1 Å². The van der Waals surface area contributed by atoms with Crippen LogP contribution in [0.5, 0.6) is 0 Å². The number of unbranched alkanes of at least 4 members (excludes halogenated alkanes) is 2. The molecule has 0 N–H and O–H groups in total. The Morgan fingerprint density at radius 3 is 2.33 bits per heavy atom. The molecule has 0 saturated heterocycles. The summed E-state index contributed by atoms with van der Waals surface area (Å²) in [6.07, 6.45) is 4.05. The Morgan fingerprint density at radius 1 is 1.33 bits per heavy atom. The summed E-state index contributed by atoms with van der Waals surface area (Å²) in [6.45, 7) is 6.82. The zero-order chi connectivity index (χ0) is 16.7. The maximum absolute atomic E-state index is 11.6. The first kappa shape index (κ1) is 20.3. The highest BCUT2D eigenvalue weighted by atomic mass is 31.2. The van der Waals surface area contributed by atoms with Crippen LogP contribution in [0.15, 0.2) is 12.2 Å². The maximum atomic E-state index is 11.6. The van der Waals surface area contributed by atoms with E-state index in [4.69, 9.17) is 4.52 Å². The van der Waals surface area contributed by atoms with Crippen LogP contribution in [-0.2, 0) is 18.4 Å². The molecule has 0 spiro atoms. The number of phosphoric acid groups is 1. The minimum absolute atomic E-state index is 0.00252. The number of carbonyl (C=O) groups excluding carboxylic acids is 1. The summed E-state index contributed by atoms with van der Waals surface area (Å²) in [4.78, 5) is 22.9. The molecule has 0 aliphatic rings. The highest BCUT2D eigenvalue weighted by Gasteiger charge is 2.26. The molecule has 21 heavy (non-hydrogen) atoms. The summed E-state index contributed by atoms with van der Waals surface area (Å²) >= 11 is 0. The van der Waals surface area contributed by atoms with Gasteiger partial charge in [-0.05, 0) is 13.3 Å². The molecule has 0 bridgehead atoms. The van der Waals surface area contributed by atoms with Crippen molar-refractivity contribution in [3.8, 4) is 0 Å². The normalized spacial score (nSPS) is 16.1. The van der Waals surface area contributed by atoms with Crippen LogP contribution >= 0.6 is 7.82 Å². The van der Waals surface area contributed by atoms with E-state index >= 15 is 0 Å². The predicted octanol–water partition coefficient (Wildman–Crippen LogP) is 2.25. The van der Waals surface area contributed by atoms with Crippen molar-refractivity contribution in [3.05, 3.63) is 12.2 Å². The molecule has 0 radical (unpaired) electrons. The van der Waals surface area contributed by atoms with Gasteiger partial charge in [-0.3, -0.25) is 4.57 Å². The topological polar surface area (TPSA) is 75.7 Å².